The van der Waals surface area contributed by atoms with Gasteiger partial charge in [0.15, 0.2) is 0 Å². The summed E-state index contributed by atoms with van der Waals surface area (Å²) in [5.41, 5.74) is 8.08. The standard InChI is InChI=1S/C16H15Cl2NO/c17-14-3-1-2-13(15(14)18)16(19)10-4-6-11(7-5-10)20-12-8-9-12/h1-7,12,16H,8-9,19H2. The van der Waals surface area contributed by atoms with Gasteiger partial charge in [0.2, 0.25) is 0 Å². The van der Waals surface area contributed by atoms with Crippen molar-refractivity contribution in [3.8, 4) is 5.75 Å². The van der Waals surface area contributed by atoms with Crippen LogP contribution in [0.3, 0.4) is 0 Å². The van der Waals surface area contributed by atoms with Crippen molar-refractivity contribution >= 4 is 23.2 Å². The van der Waals surface area contributed by atoms with E-state index in [-0.39, 0.29) is 6.04 Å². The van der Waals surface area contributed by atoms with Crippen LogP contribution in [0.25, 0.3) is 0 Å². The number of hydrogen-bond acceptors (Lipinski definition) is 2. The highest BCUT2D eigenvalue weighted by Gasteiger charge is 2.23. The zero-order valence-electron chi connectivity index (χ0n) is 10.9. The Morgan fingerprint density at radius 2 is 1.75 bits per heavy atom. The van der Waals surface area contributed by atoms with E-state index in [2.05, 4.69) is 0 Å². The molecule has 2 aromatic rings. The van der Waals surface area contributed by atoms with Crippen LogP contribution >= 0.6 is 23.2 Å². The Morgan fingerprint density at radius 1 is 1.05 bits per heavy atom. The number of ether oxygens (including phenoxy) is 1. The van der Waals surface area contributed by atoms with Gasteiger partial charge in [-0.25, -0.2) is 0 Å². The minimum atomic E-state index is -0.295. The van der Waals surface area contributed by atoms with E-state index in [9.17, 15) is 0 Å². The van der Waals surface area contributed by atoms with E-state index in [1.54, 1.807) is 6.07 Å². The van der Waals surface area contributed by atoms with E-state index in [1.807, 2.05) is 36.4 Å². The second kappa shape index (κ2) is 5.65. The lowest BCUT2D eigenvalue weighted by molar-refractivity contribution is 0.303. The fraction of sp³-hybridized carbons (Fsp3) is 0.250. The maximum absolute atomic E-state index is 6.27. The average Bonchev–Trinajstić information content (AvgIpc) is 3.26. The maximum atomic E-state index is 6.27. The molecule has 1 fully saturated rings. The Morgan fingerprint density at radius 3 is 2.40 bits per heavy atom. The lowest BCUT2D eigenvalue weighted by Crippen LogP contribution is -2.12. The highest BCUT2D eigenvalue weighted by atomic mass is 35.5. The number of nitrogens with two attached hydrogens (primary N) is 1. The maximum Gasteiger partial charge on any atom is 0.119 e. The first-order valence-corrected chi connectivity index (χ1v) is 7.37. The van der Waals surface area contributed by atoms with Gasteiger partial charge in [-0.3, -0.25) is 0 Å². The molecule has 2 N–H and O–H groups in total. The van der Waals surface area contributed by atoms with Gasteiger partial charge < -0.3 is 10.5 Å². The van der Waals surface area contributed by atoms with Crippen LogP contribution in [0.1, 0.15) is 30.0 Å². The highest BCUT2D eigenvalue weighted by Crippen LogP contribution is 2.33. The Kier molecular flexibility index (Phi) is 3.88. The fourth-order valence-corrected chi connectivity index (χ4v) is 2.50. The van der Waals surface area contributed by atoms with E-state index in [0.29, 0.717) is 16.1 Å². The molecular formula is C16H15Cl2NO. The van der Waals surface area contributed by atoms with Crippen molar-refractivity contribution in [1.29, 1.82) is 0 Å². The van der Waals surface area contributed by atoms with Gasteiger partial charge in [-0.2, -0.15) is 0 Å². The summed E-state index contributed by atoms with van der Waals surface area (Å²) in [6.45, 7) is 0. The van der Waals surface area contributed by atoms with Gasteiger partial charge in [-0.15, -0.1) is 0 Å². The number of benzene rings is 2. The lowest BCUT2D eigenvalue weighted by Gasteiger charge is -2.15. The second-order valence-electron chi connectivity index (χ2n) is 5.01. The molecule has 1 saturated carbocycles. The summed E-state index contributed by atoms with van der Waals surface area (Å²) < 4.78 is 5.72. The topological polar surface area (TPSA) is 35.2 Å². The van der Waals surface area contributed by atoms with Crippen molar-refractivity contribution in [1.82, 2.24) is 0 Å². The van der Waals surface area contributed by atoms with Gasteiger partial charge >= 0.3 is 0 Å². The average molecular weight is 308 g/mol. The molecule has 2 aromatic carbocycles. The molecule has 0 saturated heterocycles. The molecule has 0 aromatic heterocycles. The van der Waals surface area contributed by atoms with Gasteiger partial charge in [-0.1, -0.05) is 47.5 Å². The number of halogens is 2. The first kappa shape index (κ1) is 13.7. The van der Waals surface area contributed by atoms with Crippen LogP contribution in [-0.2, 0) is 0 Å². The number of rotatable bonds is 4. The Bertz CT molecular complexity index is 608. The van der Waals surface area contributed by atoms with Gasteiger partial charge in [0.1, 0.15) is 5.75 Å². The summed E-state index contributed by atoms with van der Waals surface area (Å²) in [6.07, 6.45) is 2.70. The van der Waals surface area contributed by atoms with Crippen molar-refractivity contribution < 1.29 is 4.74 Å². The van der Waals surface area contributed by atoms with Gasteiger partial charge in [0.05, 0.1) is 22.2 Å². The monoisotopic (exact) mass is 307 g/mol. The highest BCUT2D eigenvalue weighted by molar-refractivity contribution is 6.42. The molecule has 0 aliphatic heterocycles. The molecule has 20 heavy (non-hydrogen) atoms. The van der Waals surface area contributed by atoms with Crippen molar-refractivity contribution in [3.05, 3.63) is 63.6 Å². The van der Waals surface area contributed by atoms with Gasteiger partial charge in [0.25, 0.3) is 0 Å². The summed E-state index contributed by atoms with van der Waals surface area (Å²) in [5, 5.41) is 1.04. The molecule has 0 heterocycles. The Labute approximate surface area is 128 Å². The summed E-state index contributed by atoms with van der Waals surface area (Å²) >= 11 is 12.2. The van der Waals surface area contributed by atoms with Crippen molar-refractivity contribution in [3.63, 3.8) is 0 Å². The number of hydrogen-bond donors (Lipinski definition) is 1. The van der Waals surface area contributed by atoms with Crippen molar-refractivity contribution in [2.75, 3.05) is 0 Å². The third-order valence-corrected chi connectivity index (χ3v) is 4.22. The van der Waals surface area contributed by atoms with Crippen LogP contribution in [-0.4, -0.2) is 6.10 Å². The van der Waals surface area contributed by atoms with Crippen molar-refractivity contribution in [2.24, 2.45) is 5.73 Å². The fourth-order valence-electron chi connectivity index (χ4n) is 2.07. The minimum Gasteiger partial charge on any atom is -0.490 e. The summed E-state index contributed by atoms with van der Waals surface area (Å²) in [6, 6.07) is 13.1. The molecule has 0 amide bonds. The molecule has 1 aliphatic rings. The molecule has 1 aliphatic carbocycles. The van der Waals surface area contributed by atoms with E-state index >= 15 is 0 Å². The predicted octanol–water partition coefficient (Wildman–Crippen LogP) is 4.58. The Hall–Kier alpha value is -1.22. The van der Waals surface area contributed by atoms with E-state index in [1.165, 1.54) is 0 Å². The molecule has 4 heteroatoms. The van der Waals surface area contributed by atoms with Crippen LogP contribution < -0.4 is 10.5 Å². The summed E-state index contributed by atoms with van der Waals surface area (Å²) in [5.74, 6) is 0.889. The molecule has 3 rings (SSSR count). The van der Waals surface area contributed by atoms with E-state index in [0.717, 1.165) is 29.7 Å². The van der Waals surface area contributed by atoms with Crippen LogP contribution in [0.4, 0.5) is 0 Å². The third kappa shape index (κ3) is 2.93. The van der Waals surface area contributed by atoms with Crippen LogP contribution in [0.2, 0.25) is 10.0 Å². The largest absolute Gasteiger partial charge is 0.490 e. The Balaban J connectivity index is 1.82. The molecule has 2 nitrogen and oxygen atoms in total. The van der Waals surface area contributed by atoms with Crippen LogP contribution in [0.5, 0.6) is 5.75 Å². The normalized spacial score (nSPS) is 15.9. The zero-order valence-corrected chi connectivity index (χ0v) is 12.4. The first-order valence-electron chi connectivity index (χ1n) is 6.61. The molecular weight excluding hydrogens is 293 g/mol. The molecule has 0 spiro atoms. The van der Waals surface area contributed by atoms with Crippen LogP contribution in [0.15, 0.2) is 42.5 Å². The summed E-state index contributed by atoms with van der Waals surface area (Å²) in [7, 11) is 0. The molecule has 1 atom stereocenters. The molecule has 0 bridgehead atoms. The SMILES string of the molecule is NC(c1ccc(OC2CC2)cc1)c1cccc(Cl)c1Cl. The molecule has 1 unspecified atom stereocenters. The lowest BCUT2D eigenvalue weighted by atomic mass is 9.99. The predicted molar refractivity (Wildman–Crippen MR) is 82.6 cm³/mol. The first-order chi connectivity index (χ1) is 9.65. The van der Waals surface area contributed by atoms with Gasteiger partial charge in [0, 0.05) is 0 Å². The van der Waals surface area contributed by atoms with Crippen LogP contribution in [0, 0.1) is 0 Å². The second-order valence-corrected chi connectivity index (χ2v) is 5.79. The quantitative estimate of drug-likeness (QED) is 0.897. The van der Waals surface area contributed by atoms with Gasteiger partial charge in [-0.05, 0) is 42.2 Å². The third-order valence-electron chi connectivity index (χ3n) is 3.38. The summed E-state index contributed by atoms with van der Waals surface area (Å²) in [4.78, 5) is 0. The molecule has 0 radical (unpaired) electrons. The molecule has 104 valence electrons. The minimum absolute atomic E-state index is 0.295. The van der Waals surface area contributed by atoms with E-state index < -0.39 is 0 Å². The smallest absolute Gasteiger partial charge is 0.119 e. The van der Waals surface area contributed by atoms with Crippen molar-refractivity contribution in [2.45, 2.75) is 25.0 Å². The van der Waals surface area contributed by atoms with E-state index in [4.69, 9.17) is 33.7 Å². The zero-order chi connectivity index (χ0) is 14.1.